The molecule has 1 heterocycles. The van der Waals surface area contributed by atoms with Crippen molar-refractivity contribution in [1.29, 1.82) is 5.26 Å². The number of benzene rings is 1. The molecule has 108 valence electrons. The third-order valence-electron chi connectivity index (χ3n) is 3.05. The summed E-state index contributed by atoms with van der Waals surface area (Å²) in [4.78, 5) is 11.6. The van der Waals surface area contributed by atoms with E-state index in [1.54, 1.807) is 23.9 Å². The van der Waals surface area contributed by atoms with Crippen LogP contribution in [-0.2, 0) is 18.3 Å². The van der Waals surface area contributed by atoms with Crippen molar-refractivity contribution < 1.29 is 13.9 Å². The zero-order chi connectivity index (χ0) is 15.4. The van der Waals surface area contributed by atoms with E-state index in [1.807, 2.05) is 0 Å². The van der Waals surface area contributed by atoms with E-state index in [9.17, 15) is 9.18 Å². The lowest BCUT2D eigenvalue weighted by Gasteiger charge is -2.10. The Bertz CT molecular complexity index is 716. The Labute approximate surface area is 121 Å². The van der Waals surface area contributed by atoms with Crippen molar-refractivity contribution in [2.24, 2.45) is 7.05 Å². The van der Waals surface area contributed by atoms with Gasteiger partial charge in [0.1, 0.15) is 17.6 Å². The van der Waals surface area contributed by atoms with E-state index in [0.29, 0.717) is 17.9 Å². The maximum atomic E-state index is 13.3. The van der Waals surface area contributed by atoms with Gasteiger partial charge in [0, 0.05) is 19.8 Å². The Morgan fingerprint density at radius 1 is 1.48 bits per heavy atom. The van der Waals surface area contributed by atoms with Crippen molar-refractivity contribution >= 4 is 11.7 Å². The van der Waals surface area contributed by atoms with Crippen molar-refractivity contribution in [3.63, 3.8) is 0 Å². The Kier molecular flexibility index (Phi) is 4.24. The lowest BCUT2D eigenvalue weighted by atomic mass is 10.1. The molecule has 0 aliphatic rings. The minimum Gasteiger partial charge on any atom is -0.465 e. The lowest BCUT2D eigenvalue weighted by molar-refractivity contribution is 0.0602. The number of aryl methyl sites for hydroxylation is 1. The number of halogens is 1. The normalized spacial score (nSPS) is 10.0. The number of rotatable bonds is 4. The first kappa shape index (κ1) is 14.6. The van der Waals surface area contributed by atoms with Crippen LogP contribution in [0.25, 0.3) is 0 Å². The predicted molar refractivity (Wildman–Crippen MR) is 75.2 cm³/mol. The van der Waals surface area contributed by atoms with E-state index in [4.69, 9.17) is 5.26 Å². The standard InChI is InChI=1S/C15H14FN3O2/c1-19-9-10(5-12(19)7-17)8-18-14-6-11(16)3-4-13(14)15(20)21-2/h3-6,9,18H,8H2,1-2H3. The lowest BCUT2D eigenvalue weighted by Crippen LogP contribution is -2.08. The molecule has 0 unspecified atom stereocenters. The molecule has 21 heavy (non-hydrogen) atoms. The summed E-state index contributed by atoms with van der Waals surface area (Å²) in [6.07, 6.45) is 1.79. The van der Waals surface area contributed by atoms with Crippen LogP contribution in [0.15, 0.2) is 30.5 Å². The van der Waals surface area contributed by atoms with Gasteiger partial charge in [0.05, 0.1) is 18.4 Å². The Morgan fingerprint density at radius 2 is 2.24 bits per heavy atom. The van der Waals surface area contributed by atoms with Crippen LogP contribution in [0, 0.1) is 17.1 Å². The molecule has 0 saturated carbocycles. The van der Waals surface area contributed by atoms with E-state index >= 15 is 0 Å². The molecular weight excluding hydrogens is 273 g/mol. The minimum atomic E-state index is -0.539. The summed E-state index contributed by atoms with van der Waals surface area (Å²) < 4.78 is 19.7. The van der Waals surface area contributed by atoms with E-state index in [0.717, 1.165) is 5.56 Å². The van der Waals surface area contributed by atoms with Gasteiger partial charge in [-0.2, -0.15) is 5.26 Å². The second-order valence-electron chi connectivity index (χ2n) is 4.49. The maximum absolute atomic E-state index is 13.3. The van der Waals surface area contributed by atoms with Crippen LogP contribution in [0.1, 0.15) is 21.6 Å². The van der Waals surface area contributed by atoms with Gasteiger partial charge in [-0.3, -0.25) is 0 Å². The summed E-state index contributed by atoms with van der Waals surface area (Å²) in [6, 6.07) is 7.60. The molecule has 0 saturated heterocycles. The SMILES string of the molecule is COC(=O)c1ccc(F)cc1NCc1cc(C#N)n(C)c1. The molecule has 1 aromatic heterocycles. The van der Waals surface area contributed by atoms with Crippen LogP contribution < -0.4 is 5.32 Å². The fraction of sp³-hybridized carbons (Fsp3) is 0.200. The minimum absolute atomic E-state index is 0.260. The Hall–Kier alpha value is -2.81. The van der Waals surface area contributed by atoms with Crippen LogP contribution in [0.3, 0.4) is 0 Å². The van der Waals surface area contributed by atoms with Crippen molar-refractivity contribution in [3.05, 3.63) is 53.1 Å². The average molecular weight is 287 g/mol. The zero-order valence-corrected chi connectivity index (χ0v) is 11.7. The summed E-state index contributed by atoms with van der Waals surface area (Å²) in [6.45, 7) is 0.364. The Morgan fingerprint density at radius 3 is 2.86 bits per heavy atom. The first-order chi connectivity index (χ1) is 10.0. The Balaban J connectivity index is 2.21. The molecule has 0 atom stereocenters. The molecule has 0 bridgehead atoms. The molecular formula is C15H14FN3O2. The number of nitriles is 1. The second kappa shape index (κ2) is 6.09. The average Bonchev–Trinajstić information content (AvgIpc) is 2.84. The number of hydrogen-bond acceptors (Lipinski definition) is 4. The molecule has 0 aliphatic heterocycles. The van der Waals surface area contributed by atoms with Gasteiger partial charge in [0.15, 0.2) is 0 Å². The number of hydrogen-bond donors (Lipinski definition) is 1. The van der Waals surface area contributed by atoms with Gasteiger partial charge in [-0.25, -0.2) is 9.18 Å². The molecule has 2 aromatic rings. The highest BCUT2D eigenvalue weighted by Crippen LogP contribution is 2.19. The van der Waals surface area contributed by atoms with Gasteiger partial charge in [0.2, 0.25) is 0 Å². The van der Waals surface area contributed by atoms with Gasteiger partial charge in [-0.1, -0.05) is 0 Å². The highest BCUT2D eigenvalue weighted by molar-refractivity contribution is 5.95. The van der Waals surface area contributed by atoms with Crippen molar-refractivity contribution in [2.45, 2.75) is 6.54 Å². The van der Waals surface area contributed by atoms with E-state index in [2.05, 4.69) is 16.1 Å². The third-order valence-corrected chi connectivity index (χ3v) is 3.05. The van der Waals surface area contributed by atoms with E-state index in [-0.39, 0.29) is 5.56 Å². The molecule has 2 rings (SSSR count). The zero-order valence-electron chi connectivity index (χ0n) is 11.7. The predicted octanol–water partition coefficient (Wildman–Crippen LogP) is 2.43. The molecule has 1 N–H and O–H groups in total. The number of ether oxygens (including phenoxy) is 1. The number of nitrogens with one attached hydrogen (secondary N) is 1. The topological polar surface area (TPSA) is 67.0 Å². The maximum Gasteiger partial charge on any atom is 0.339 e. The molecule has 0 fully saturated rings. The van der Waals surface area contributed by atoms with Crippen molar-refractivity contribution in [3.8, 4) is 6.07 Å². The van der Waals surface area contributed by atoms with Crippen LogP contribution in [-0.4, -0.2) is 17.6 Å². The van der Waals surface area contributed by atoms with Crippen LogP contribution in [0.2, 0.25) is 0 Å². The smallest absolute Gasteiger partial charge is 0.339 e. The van der Waals surface area contributed by atoms with Gasteiger partial charge in [-0.15, -0.1) is 0 Å². The molecule has 5 nitrogen and oxygen atoms in total. The molecule has 0 radical (unpaired) electrons. The summed E-state index contributed by atoms with van der Waals surface area (Å²) in [5.74, 6) is -0.987. The number of nitrogens with zero attached hydrogens (tertiary/aromatic N) is 2. The monoisotopic (exact) mass is 287 g/mol. The fourth-order valence-electron chi connectivity index (χ4n) is 1.99. The number of carbonyl (C=O) groups excluding carboxylic acids is 1. The summed E-state index contributed by atoms with van der Waals surface area (Å²) in [5, 5.41) is 11.9. The van der Waals surface area contributed by atoms with Crippen molar-refractivity contribution in [2.75, 3.05) is 12.4 Å². The van der Waals surface area contributed by atoms with Crippen molar-refractivity contribution in [1.82, 2.24) is 4.57 Å². The quantitative estimate of drug-likeness (QED) is 0.877. The van der Waals surface area contributed by atoms with E-state index < -0.39 is 11.8 Å². The van der Waals surface area contributed by atoms with Crippen LogP contribution in [0.4, 0.5) is 10.1 Å². The van der Waals surface area contributed by atoms with Crippen LogP contribution in [0.5, 0.6) is 0 Å². The number of anilines is 1. The molecule has 0 aliphatic carbocycles. The van der Waals surface area contributed by atoms with Gasteiger partial charge in [0.25, 0.3) is 0 Å². The van der Waals surface area contributed by atoms with Gasteiger partial charge in [-0.05, 0) is 29.8 Å². The summed E-state index contributed by atoms with van der Waals surface area (Å²) >= 11 is 0. The highest BCUT2D eigenvalue weighted by atomic mass is 19.1. The second-order valence-corrected chi connectivity index (χ2v) is 4.49. The number of methoxy groups -OCH3 is 1. The first-order valence-electron chi connectivity index (χ1n) is 6.22. The van der Waals surface area contributed by atoms with Gasteiger partial charge < -0.3 is 14.6 Å². The third kappa shape index (κ3) is 3.20. The largest absolute Gasteiger partial charge is 0.465 e. The molecule has 6 heteroatoms. The van der Waals surface area contributed by atoms with Crippen LogP contribution >= 0.6 is 0 Å². The molecule has 0 spiro atoms. The molecule has 1 aromatic carbocycles. The highest BCUT2D eigenvalue weighted by Gasteiger charge is 2.13. The number of carbonyl (C=O) groups is 1. The number of esters is 1. The summed E-state index contributed by atoms with van der Waals surface area (Å²) in [7, 11) is 3.04. The fourth-order valence-corrected chi connectivity index (χ4v) is 1.99. The number of aromatic nitrogens is 1. The molecule has 0 amide bonds. The van der Waals surface area contributed by atoms with Gasteiger partial charge >= 0.3 is 5.97 Å². The first-order valence-corrected chi connectivity index (χ1v) is 6.22. The van der Waals surface area contributed by atoms with E-state index in [1.165, 1.54) is 25.3 Å². The summed E-state index contributed by atoms with van der Waals surface area (Å²) in [5.41, 5.74) is 1.99.